The number of nitrogens with zero attached hydrogens (tertiary/aromatic N) is 3. The number of fused-ring (bicyclic) bond motifs is 2. The zero-order chi connectivity index (χ0) is 16.5. The number of ether oxygens (including phenoxy) is 1. The number of nitrogens with one attached hydrogen (secondary N) is 1. The molecule has 3 aromatic heterocycles. The Morgan fingerprint density at radius 1 is 1.29 bits per heavy atom. The number of aromatic nitrogens is 4. The Kier molecular flexibility index (Phi) is 4.43. The van der Waals surface area contributed by atoms with Crippen LogP contribution in [0.5, 0.6) is 5.75 Å². The van der Waals surface area contributed by atoms with Gasteiger partial charge in [-0.3, -0.25) is 0 Å². The van der Waals surface area contributed by atoms with Crippen molar-refractivity contribution in [2.75, 3.05) is 11.8 Å². The van der Waals surface area contributed by atoms with Crippen LogP contribution in [0, 0.1) is 0 Å². The van der Waals surface area contributed by atoms with Crippen molar-refractivity contribution < 1.29 is 4.74 Å². The Labute approximate surface area is 155 Å². The molecule has 5 nitrogen and oxygen atoms in total. The van der Waals surface area contributed by atoms with Gasteiger partial charge in [-0.25, -0.2) is 15.0 Å². The SMILES string of the molecule is CSc1nc2ccc(Cc3nc4ncc(OCBr)cc4[nH]3)cc2s1. The van der Waals surface area contributed by atoms with E-state index >= 15 is 0 Å². The number of H-pyrrole nitrogens is 1. The number of hydrogen-bond donors (Lipinski definition) is 1. The van der Waals surface area contributed by atoms with Crippen LogP contribution in [0.15, 0.2) is 34.8 Å². The van der Waals surface area contributed by atoms with Gasteiger partial charge in [0.25, 0.3) is 0 Å². The van der Waals surface area contributed by atoms with Gasteiger partial charge >= 0.3 is 0 Å². The molecule has 0 radical (unpaired) electrons. The second-order valence-corrected chi connectivity index (χ2v) is 7.68. The number of thioether (sulfide) groups is 1. The number of benzene rings is 1. The second-order valence-electron chi connectivity index (χ2n) is 5.14. The molecule has 4 rings (SSSR count). The molecule has 1 N–H and O–H groups in total. The van der Waals surface area contributed by atoms with Crippen LogP contribution in [-0.2, 0) is 6.42 Å². The molecule has 0 atom stereocenters. The van der Waals surface area contributed by atoms with Crippen LogP contribution in [0.3, 0.4) is 0 Å². The maximum absolute atomic E-state index is 5.40. The number of imidazole rings is 1. The number of thiazole rings is 1. The van der Waals surface area contributed by atoms with E-state index < -0.39 is 0 Å². The van der Waals surface area contributed by atoms with E-state index in [9.17, 15) is 0 Å². The molecule has 0 bridgehead atoms. The van der Waals surface area contributed by atoms with Crippen LogP contribution in [0.2, 0.25) is 0 Å². The van der Waals surface area contributed by atoms with E-state index in [1.165, 1.54) is 10.3 Å². The summed E-state index contributed by atoms with van der Waals surface area (Å²) in [6, 6.07) is 8.28. The van der Waals surface area contributed by atoms with Gasteiger partial charge in [0.15, 0.2) is 9.99 Å². The third kappa shape index (κ3) is 3.13. The third-order valence-electron chi connectivity index (χ3n) is 3.56. The minimum absolute atomic E-state index is 0.439. The monoisotopic (exact) mass is 420 g/mol. The summed E-state index contributed by atoms with van der Waals surface area (Å²) < 4.78 is 7.70. The number of rotatable bonds is 5. The molecule has 4 aromatic rings. The number of alkyl halides is 1. The fourth-order valence-corrected chi connectivity index (χ4v) is 4.31. The van der Waals surface area contributed by atoms with Gasteiger partial charge in [-0.15, -0.1) is 11.3 Å². The van der Waals surface area contributed by atoms with E-state index in [1.54, 1.807) is 29.3 Å². The molecule has 0 aliphatic carbocycles. The molecule has 0 amide bonds. The molecule has 0 aliphatic rings. The molecule has 0 fully saturated rings. The second kappa shape index (κ2) is 6.70. The van der Waals surface area contributed by atoms with E-state index in [-0.39, 0.29) is 0 Å². The van der Waals surface area contributed by atoms with Gasteiger partial charge in [-0.1, -0.05) is 17.8 Å². The van der Waals surface area contributed by atoms with Crippen molar-refractivity contribution in [1.82, 2.24) is 19.9 Å². The summed E-state index contributed by atoms with van der Waals surface area (Å²) >= 11 is 6.65. The van der Waals surface area contributed by atoms with Gasteiger partial charge < -0.3 is 9.72 Å². The average molecular weight is 421 g/mol. The minimum Gasteiger partial charge on any atom is -0.481 e. The van der Waals surface area contributed by atoms with E-state index in [1.807, 2.05) is 12.3 Å². The molecule has 0 unspecified atom stereocenters. The maximum Gasteiger partial charge on any atom is 0.177 e. The zero-order valence-corrected chi connectivity index (χ0v) is 16.0. The molecule has 8 heteroatoms. The highest BCUT2D eigenvalue weighted by atomic mass is 79.9. The third-order valence-corrected chi connectivity index (χ3v) is 5.79. The highest BCUT2D eigenvalue weighted by Crippen LogP contribution is 2.29. The van der Waals surface area contributed by atoms with Gasteiger partial charge in [0.2, 0.25) is 0 Å². The topological polar surface area (TPSA) is 63.7 Å². The quantitative estimate of drug-likeness (QED) is 0.377. The summed E-state index contributed by atoms with van der Waals surface area (Å²) in [5.41, 5.74) is 4.28. The Hall–Kier alpha value is -1.64. The van der Waals surface area contributed by atoms with Crippen molar-refractivity contribution in [2.24, 2.45) is 0 Å². The highest BCUT2D eigenvalue weighted by molar-refractivity contribution is 9.09. The molecular weight excluding hydrogens is 408 g/mol. The summed E-state index contributed by atoms with van der Waals surface area (Å²) in [4.78, 5) is 16.8. The first-order valence-corrected chi connectivity index (χ1v) is 10.4. The summed E-state index contributed by atoms with van der Waals surface area (Å²) in [5.74, 6) is 1.60. The molecule has 122 valence electrons. The van der Waals surface area contributed by atoms with E-state index in [0.29, 0.717) is 16.9 Å². The number of aromatic amines is 1. The first-order chi connectivity index (χ1) is 11.7. The van der Waals surface area contributed by atoms with Gasteiger partial charge in [0.05, 0.1) is 21.9 Å². The van der Waals surface area contributed by atoms with Crippen molar-refractivity contribution in [2.45, 2.75) is 10.8 Å². The fourth-order valence-electron chi connectivity index (χ4n) is 2.49. The molecule has 0 saturated heterocycles. The van der Waals surface area contributed by atoms with E-state index in [4.69, 9.17) is 4.74 Å². The summed E-state index contributed by atoms with van der Waals surface area (Å²) in [7, 11) is 0. The summed E-state index contributed by atoms with van der Waals surface area (Å²) in [6.45, 7) is 0. The standard InChI is InChI=1S/C16H13BrN4OS2/c1-23-16-20-11-3-2-9(4-13(11)24-16)5-14-19-12-6-10(22-8-17)7-18-15(12)21-14/h2-4,6-7H,5,8H2,1H3,(H,18,19,21). The van der Waals surface area contributed by atoms with Crippen LogP contribution in [0.1, 0.15) is 11.4 Å². The molecule has 0 spiro atoms. The Morgan fingerprint density at radius 3 is 3.04 bits per heavy atom. The fraction of sp³-hybridized carbons (Fsp3) is 0.188. The Morgan fingerprint density at radius 2 is 2.21 bits per heavy atom. The van der Waals surface area contributed by atoms with Crippen LogP contribution in [0.25, 0.3) is 21.4 Å². The smallest absolute Gasteiger partial charge is 0.177 e. The number of hydrogen-bond acceptors (Lipinski definition) is 6. The lowest BCUT2D eigenvalue weighted by atomic mass is 10.1. The van der Waals surface area contributed by atoms with Crippen molar-refractivity contribution >= 4 is 60.4 Å². The first kappa shape index (κ1) is 15.9. The molecule has 3 heterocycles. The Bertz CT molecular complexity index is 1010. The maximum atomic E-state index is 5.40. The van der Waals surface area contributed by atoms with Crippen molar-refractivity contribution in [3.63, 3.8) is 0 Å². The summed E-state index contributed by atoms with van der Waals surface area (Å²) in [5, 5.41) is 0. The normalized spacial score (nSPS) is 11.4. The van der Waals surface area contributed by atoms with Crippen molar-refractivity contribution in [3.05, 3.63) is 41.9 Å². The molecule has 24 heavy (non-hydrogen) atoms. The Balaban J connectivity index is 1.63. The van der Waals surface area contributed by atoms with Gasteiger partial charge in [0.1, 0.15) is 17.1 Å². The van der Waals surface area contributed by atoms with E-state index in [2.05, 4.69) is 54.1 Å². The predicted molar refractivity (Wildman–Crippen MR) is 103 cm³/mol. The average Bonchev–Trinajstić information content (AvgIpc) is 3.17. The minimum atomic E-state index is 0.439. The van der Waals surface area contributed by atoms with Crippen LogP contribution in [-0.4, -0.2) is 31.7 Å². The van der Waals surface area contributed by atoms with Gasteiger partial charge in [-0.05, 0) is 39.9 Å². The van der Waals surface area contributed by atoms with Gasteiger partial charge in [0, 0.05) is 12.5 Å². The molecule has 0 aliphatic heterocycles. The predicted octanol–water partition coefficient (Wildman–Crippen LogP) is 4.61. The van der Waals surface area contributed by atoms with Crippen molar-refractivity contribution in [3.8, 4) is 5.75 Å². The largest absolute Gasteiger partial charge is 0.481 e. The number of halogens is 1. The molecule has 0 saturated carbocycles. The number of pyridine rings is 1. The van der Waals surface area contributed by atoms with Crippen molar-refractivity contribution in [1.29, 1.82) is 0 Å². The first-order valence-electron chi connectivity index (χ1n) is 7.22. The van der Waals surface area contributed by atoms with Gasteiger partial charge in [-0.2, -0.15) is 0 Å². The van der Waals surface area contributed by atoms with Crippen LogP contribution >= 0.6 is 39.0 Å². The zero-order valence-electron chi connectivity index (χ0n) is 12.7. The molecule has 1 aromatic carbocycles. The lowest BCUT2D eigenvalue weighted by Crippen LogP contribution is -1.90. The lowest BCUT2D eigenvalue weighted by molar-refractivity contribution is 0.397. The lowest BCUT2D eigenvalue weighted by Gasteiger charge is -1.99. The van der Waals surface area contributed by atoms with Crippen LogP contribution in [0.4, 0.5) is 0 Å². The summed E-state index contributed by atoms with van der Waals surface area (Å²) in [6.07, 6.45) is 4.46. The van der Waals surface area contributed by atoms with E-state index in [0.717, 1.165) is 27.6 Å². The molecular formula is C16H13BrN4OS2. The van der Waals surface area contributed by atoms with Crippen LogP contribution < -0.4 is 4.74 Å². The highest BCUT2D eigenvalue weighted by Gasteiger charge is 2.09.